The van der Waals surface area contributed by atoms with E-state index in [1.165, 1.54) is 18.2 Å². The Morgan fingerprint density at radius 3 is 2.58 bits per heavy atom. The maximum Gasteiger partial charge on any atom is 0.292 e. The van der Waals surface area contributed by atoms with Gasteiger partial charge in [-0.15, -0.1) is 0 Å². The van der Waals surface area contributed by atoms with E-state index in [2.05, 4.69) is 10.6 Å². The van der Waals surface area contributed by atoms with Crippen LogP contribution in [-0.2, 0) is 4.79 Å². The number of amides is 1. The van der Waals surface area contributed by atoms with E-state index in [9.17, 15) is 14.9 Å². The Kier molecular flexibility index (Phi) is 4.72. The van der Waals surface area contributed by atoms with Crippen molar-refractivity contribution >= 4 is 28.9 Å². The number of nitrogens with zero attached hydrogens (tertiary/aromatic N) is 1. The van der Waals surface area contributed by atoms with Crippen LogP contribution in [0.2, 0.25) is 5.02 Å². The molecule has 104 valence electrons. The van der Waals surface area contributed by atoms with Gasteiger partial charge in [0.05, 0.1) is 11.5 Å². The van der Waals surface area contributed by atoms with E-state index in [-0.39, 0.29) is 29.4 Å². The molecule has 0 aromatic heterocycles. The van der Waals surface area contributed by atoms with Crippen molar-refractivity contribution in [3.8, 4) is 0 Å². The molecule has 0 saturated carbocycles. The van der Waals surface area contributed by atoms with Crippen molar-refractivity contribution in [2.24, 2.45) is 0 Å². The third kappa shape index (κ3) is 5.13. The zero-order valence-electron chi connectivity index (χ0n) is 11.0. The van der Waals surface area contributed by atoms with Crippen molar-refractivity contribution in [2.45, 2.75) is 26.3 Å². The fourth-order valence-corrected chi connectivity index (χ4v) is 1.62. The van der Waals surface area contributed by atoms with E-state index in [0.717, 1.165) is 0 Å². The third-order valence-corrected chi connectivity index (χ3v) is 2.34. The summed E-state index contributed by atoms with van der Waals surface area (Å²) in [6, 6.07) is 4.15. The molecule has 0 aliphatic heterocycles. The lowest BCUT2D eigenvalue weighted by Crippen LogP contribution is -2.43. The summed E-state index contributed by atoms with van der Waals surface area (Å²) in [5.74, 6) is -0.248. The highest BCUT2D eigenvalue weighted by atomic mass is 35.5. The zero-order chi connectivity index (χ0) is 14.6. The van der Waals surface area contributed by atoms with Crippen LogP contribution in [-0.4, -0.2) is 22.9 Å². The molecule has 0 aliphatic rings. The predicted molar refractivity (Wildman–Crippen MR) is 74.5 cm³/mol. The number of halogens is 1. The van der Waals surface area contributed by atoms with Gasteiger partial charge in [0, 0.05) is 16.6 Å². The van der Waals surface area contributed by atoms with Gasteiger partial charge in [-0.3, -0.25) is 14.9 Å². The van der Waals surface area contributed by atoms with Crippen LogP contribution in [0.15, 0.2) is 18.2 Å². The zero-order valence-corrected chi connectivity index (χ0v) is 11.7. The number of nitro benzene ring substituents is 1. The Labute approximate surface area is 116 Å². The van der Waals surface area contributed by atoms with Crippen molar-refractivity contribution in [3.05, 3.63) is 33.3 Å². The number of benzene rings is 1. The molecule has 0 aliphatic carbocycles. The summed E-state index contributed by atoms with van der Waals surface area (Å²) in [7, 11) is 0. The lowest BCUT2D eigenvalue weighted by atomic mass is 10.1. The second-order valence-electron chi connectivity index (χ2n) is 5.07. The Balaban J connectivity index is 2.75. The van der Waals surface area contributed by atoms with Gasteiger partial charge in [-0.1, -0.05) is 11.6 Å². The third-order valence-electron chi connectivity index (χ3n) is 2.11. The fourth-order valence-electron chi connectivity index (χ4n) is 1.45. The minimum absolute atomic E-state index is 0.0571. The number of rotatable bonds is 4. The molecule has 19 heavy (non-hydrogen) atoms. The summed E-state index contributed by atoms with van der Waals surface area (Å²) in [5, 5.41) is 16.7. The number of carbonyl (C=O) groups is 1. The Hall–Kier alpha value is -1.82. The van der Waals surface area contributed by atoms with E-state index >= 15 is 0 Å². The fraction of sp³-hybridized carbons (Fsp3) is 0.417. The van der Waals surface area contributed by atoms with Crippen LogP contribution < -0.4 is 10.6 Å². The lowest BCUT2D eigenvalue weighted by Gasteiger charge is -2.20. The highest BCUT2D eigenvalue weighted by Gasteiger charge is 2.17. The number of nitrogens with one attached hydrogen (secondary N) is 2. The molecule has 0 unspecified atom stereocenters. The second-order valence-corrected chi connectivity index (χ2v) is 5.51. The summed E-state index contributed by atoms with van der Waals surface area (Å²) >= 11 is 5.78. The van der Waals surface area contributed by atoms with Gasteiger partial charge in [0.25, 0.3) is 5.69 Å². The first-order valence-electron chi connectivity index (χ1n) is 5.68. The molecule has 0 radical (unpaired) electrons. The normalized spacial score (nSPS) is 10.9. The average Bonchev–Trinajstić information content (AvgIpc) is 2.23. The van der Waals surface area contributed by atoms with E-state index in [0.29, 0.717) is 5.02 Å². The van der Waals surface area contributed by atoms with Crippen LogP contribution >= 0.6 is 11.6 Å². The molecule has 0 spiro atoms. The molecule has 1 aromatic carbocycles. The van der Waals surface area contributed by atoms with Crippen LogP contribution in [0.5, 0.6) is 0 Å². The quantitative estimate of drug-likeness (QED) is 0.658. The average molecular weight is 286 g/mol. The number of carbonyl (C=O) groups excluding carboxylic acids is 1. The maximum absolute atomic E-state index is 11.6. The molecular weight excluding hydrogens is 270 g/mol. The highest BCUT2D eigenvalue weighted by molar-refractivity contribution is 6.31. The van der Waals surface area contributed by atoms with E-state index < -0.39 is 4.92 Å². The SMILES string of the molecule is CC(C)(C)NC(=O)CNc1cc(Cl)ccc1[N+](=O)[O-]. The first-order valence-corrected chi connectivity index (χ1v) is 6.05. The minimum Gasteiger partial charge on any atom is -0.371 e. The van der Waals surface area contributed by atoms with Gasteiger partial charge >= 0.3 is 0 Å². The first kappa shape index (κ1) is 15.2. The summed E-state index contributed by atoms with van der Waals surface area (Å²) in [6.07, 6.45) is 0. The number of anilines is 1. The van der Waals surface area contributed by atoms with Gasteiger partial charge in [0.15, 0.2) is 0 Å². The van der Waals surface area contributed by atoms with Gasteiger partial charge in [-0.2, -0.15) is 0 Å². The summed E-state index contributed by atoms with van der Waals surface area (Å²) < 4.78 is 0. The molecule has 1 amide bonds. The van der Waals surface area contributed by atoms with E-state index in [1.54, 1.807) is 0 Å². The second kappa shape index (κ2) is 5.88. The van der Waals surface area contributed by atoms with Gasteiger partial charge < -0.3 is 10.6 Å². The summed E-state index contributed by atoms with van der Waals surface area (Å²) in [6.45, 7) is 5.50. The number of nitro groups is 1. The maximum atomic E-state index is 11.6. The predicted octanol–water partition coefficient (Wildman–Crippen LogP) is 2.57. The van der Waals surface area contributed by atoms with Gasteiger partial charge in [-0.05, 0) is 32.9 Å². The Bertz CT molecular complexity index is 497. The Morgan fingerprint density at radius 2 is 2.05 bits per heavy atom. The topological polar surface area (TPSA) is 84.3 Å². The van der Waals surface area contributed by atoms with Gasteiger partial charge in [0.2, 0.25) is 5.91 Å². The van der Waals surface area contributed by atoms with E-state index in [1.807, 2.05) is 20.8 Å². The molecule has 0 saturated heterocycles. The van der Waals surface area contributed by atoms with Gasteiger partial charge in [0.1, 0.15) is 5.69 Å². The lowest BCUT2D eigenvalue weighted by molar-refractivity contribution is -0.383. The van der Waals surface area contributed by atoms with Crippen molar-refractivity contribution < 1.29 is 9.72 Å². The number of hydrogen-bond donors (Lipinski definition) is 2. The molecule has 1 aromatic rings. The van der Waals surface area contributed by atoms with Crippen LogP contribution in [0.4, 0.5) is 11.4 Å². The van der Waals surface area contributed by atoms with Crippen LogP contribution in [0, 0.1) is 10.1 Å². The monoisotopic (exact) mass is 285 g/mol. The van der Waals surface area contributed by atoms with Gasteiger partial charge in [-0.25, -0.2) is 0 Å². The molecule has 7 heteroatoms. The molecule has 0 fully saturated rings. The van der Waals surface area contributed by atoms with Crippen LogP contribution in [0.3, 0.4) is 0 Å². The molecule has 0 bridgehead atoms. The molecule has 0 heterocycles. The smallest absolute Gasteiger partial charge is 0.292 e. The standard InChI is InChI=1S/C12H16ClN3O3/c1-12(2,3)15-11(17)7-14-9-6-8(13)4-5-10(9)16(18)19/h4-6,14H,7H2,1-3H3,(H,15,17). The van der Waals surface area contributed by atoms with Crippen molar-refractivity contribution in [3.63, 3.8) is 0 Å². The van der Waals surface area contributed by atoms with E-state index in [4.69, 9.17) is 11.6 Å². The largest absolute Gasteiger partial charge is 0.371 e. The van der Waals surface area contributed by atoms with Crippen LogP contribution in [0.25, 0.3) is 0 Å². The Morgan fingerprint density at radius 1 is 1.42 bits per heavy atom. The van der Waals surface area contributed by atoms with Crippen molar-refractivity contribution in [2.75, 3.05) is 11.9 Å². The first-order chi connectivity index (χ1) is 8.69. The summed E-state index contributed by atoms with van der Waals surface area (Å²) in [4.78, 5) is 21.9. The van der Waals surface area contributed by atoms with Crippen molar-refractivity contribution in [1.82, 2.24) is 5.32 Å². The molecule has 6 nitrogen and oxygen atoms in total. The van der Waals surface area contributed by atoms with Crippen molar-refractivity contribution in [1.29, 1.82) is 0 Å². The molecule has 1 rings (SSSR count). The molecule has 0 atom stereocenters. The summed E-state index contributed by atoms with van der Waals surface area (Å²) in [5.41, 5.74) is -0.242. The minimum atomic E-state index is -0.527. The van der Waals surface area contributed by atoms with Crippen LogP contribution in [0.1, 0.15) is 20.8 Å². The number of hydrogen-bond acceptors (Lipinski definition) is 4. The highest BCUT2D eigenvalue weighted by Crippen LogP contribution is 2.27. The molecular formula is C12H16ClN3O3. The molecule has 2 N–H and O–H groups in total.